The van der Waals surface area contributed by atoms with Crippen LogP contribution >= 0.6 is 0 Å². The number of benzene rings is 1. The summed E-state index contributed by atoms with van der Waals surface area (Å²) in [6.45, 7) is 0.696. The molecule has 4 rings (SSSR count). The van der Waals surface area contributed by atoms with E-state index in [0.29, 0.717) is 18.2 Å². The van der Waals surface area contributed by atoms with Gasteiger partial charge in [-0.25, -0.2) is 9.29 Å². The fourth-order valence-electron chi connectivity index (χ4n) is 3.90. The summed E-state index contributed by atoms with van der Waals surface area (Å²) in [5, 5.41) is 6.14. The Hall–Kier alpha value is -3.30. The van der Waals surface area contributed by atoms with Crippen molar-refractivity contribution in [2.45, 2.75) is 44.9 Å². The molecule has 2 N–H and O–H groups in total. The van der Waals surface area contributed by atoms with Crippen molar-refractivity contribution in [2.24, 2.45) is 5.92 Å². The largest absolute Gasteiger partial charge is 0.494 e. The molecule has 0 atom stereocenters. The van der Waals surface area contributed by atoms with E-state index in [9.17, 15) is 14.0 Å². The van der Waals surface area contributed by atoms with Gasteiger partial charge in [0.05, 0.1) is 7.11 Å². The van der Waals surface area contributed by atoms with Crippen LogP contribution in [0.1, 0.15) is 44.9 Å². The molecule has 1 aromatic heterocycles. The lowest BCUT2D eigenvalue weighted by Gasteiger charge is -2.22. The fourth-order valence-corrected chi connectivity index (χ4v) is 3.90. The van der Waals surface area contributed by atoms with Crippen LogP contribution in [0.3, 0.4) is 0 Å². The normalized spacial score (nSPS) is 17.2. The Morgan fingerprint density at radius 3 is 2.45 bits per heavy atom. The summed E-state index contributed by atoms with van der Waals surface area (Å²) < 4.78 is 19.0. The Labute approximate surface area is 179 Å². The molecule has 1 aliphatic carbocycles. The van der Waals surface area contributed by atoms with Gasteiger partial charge in [0.25, 0.3) is 0 Å². The molecule has 0 unspecified atom stereocenters. The number of rotatable bonds is 7. The molecule has 1 saturated heterocycles. The number of hydrogen-bond acceptors (Lipinski definition) is 8. The van der Waals surface area contributed by atoms with Crippen molar-refractivity contribution in [1.29, 1.82) is 0 Å². The van der Waals surface area contributed by atoms with Crippen molar-refractivity contribution in [1.82, 2.24) is 15.0 Å². The first-order valence-corrected chi connectivity index (χ1v) is 10.5. The van der Waals surface area contributed by atoms with Gasteiger partial charge in [0.2, 0.25) is 29.7 Å². The van der Waals surface area contributed by atoms with Crippen molar-refractivity contribution in [2.75, 3.05) is 29.2 Å². The predicted molar refractivity (Wildman–Crippen MR) is 113 cm³/mol. The third-order valence-corrected chi connectivity index (χ3v) is 5.56. The zero-order valence-corrected chi connectivity index (χ0v) is 17.4. The molecule has 31 heavy (non-hydrogen) atoms. The van der Waals surface area contributed by atoms with E-state index in [1.165, 1.54) is 38.5 Å². The molecule has 164 valence electrons. The van der Waals surface area contributed by atoms with Gasteiger partial charge in [0, 0.05) is 31.1 Å². The lowest BCUT2D eigenvalue weighted by Crippen LogP contribution is -2.31. The van der Waals surface area contributed by atoms with E-state index in [2.05, 4.69) is 25.6 Å². The average molecular weight is 428 g/mol. The topological polar surface area (TPSA) is 109 Å². The van der Waals surface area contributed by atoms with E-state index >= 15 is 0 Å². The van der Waals surface area contributed by atoms with Crippen LogP contribution in [0.2, 0.25) is 0 Å². The van der Waals surface area contributed by atoms with Crippen molar-refractivity contribution < 1.29 is 18.7 Å². The summed E-state index contributed by atoms with van der Waals surface area (Å²) >= 11 is 0. The van der Waals surface area contributed by atoms with Crippen LogP contribution in [0.15, 0.2) is 18.2 Å². The number of carbonyl (C=O) groups is 2. The molecule has 9 nitrogen and oxygen atoms in total. The van der Waals surface area contributed by atoms with Crippen LogP contribution < -0.4 is 20.3 Å². The van der Waals surface area contributed by atoms with Gasteiger partial charge in [-0.15, -0.1) is 0 Å². The van der Waals surface area contributed by atoms with Gasteiger partial charge in [0.15, 0.2) is 11.6 Å². The van der Waals surface area contributed by atoms with E-state index in [4.69, 9.17) is 4.74 Å². The predicted octanol–water partition coefficient (Wildman–Crippen LogP) is 3.41. The molecule has 0 spiro atoms. The Morgan fingerprint density at radius 2 is 1.77 bits per heavy atom. The van der Waals surface area contributed by atoms with Gasteiger partial charge in [-0.3, -0.25) is 9.59 Å². The second-order valence-corrected chi connectivity index (χ2v) is 7.76. The summed E-state index contributed by atoms with van der Waals surface area (Å²) in [5.41, 5.74) is 0.396. The van der Waals surface area contributed by atoms with Crippen molar-refractivity contribution >= 4 is 35.3 Å². The third kappa shape index (κ3) is 4.89. The lowest BCUT2D eigenvalue weighted by molar-refractivity contribution is -0.121. The van der Waals surface area contributed by atoms with E-state index < -0.39 is 5.82 Å². The number of hydrogen-bond donors (Lipinski definition) is 2. The first-order chi connectivity index (χ1) is 15.0. The summed E-state index contributed by atoms with van der Waals surface area (Å²) in [5.74, 6) is -0.270. The summed E-state index contributed by atoms with van der Waals surface area (Å²) in [6.07, 6.45) is 6.22. The lowest BCUT2D eigenvalue weighted by atomic mass is 9.89. The highest BCUT2D eigenvalue weighted by molar-refractivity contribution is 6.18. The maximum Gasteiger partial charge on any atom is 0.245 e. The number of nitrogens with zero attached hydrogens (tertiary/aromatic N) is 4. The first kappa shape index (κ1) is 21.0. The standard InChI is InChI=1S/C21H25FN6O3/c1-31-16-8-7-14(11-15(16)22)24-20-25-19(23-12-13-5-3-2-4-6-13)26-21(27-20)28-17(29)9-10-18(28)30/h7-8,11,13H,2-6,9-10,12H2,1H3,(H2,23,24,25,26,27). The summed E-state index contributed by atoms with van der Waals surface area (Å²) in [4.78, 5) is 38.3. The van der Waals surface area contributed by atoms with Crippen LogP contribution in [0.5, 0.6) is 5.75 Å². The number of halogens is 1. The number of ether oxygens (including phenoxy) is 1. The molecule has 2 heterocycles. The molecule has 0 radical (unpaired) electrons. The Bertz CT molecular complexity index is 964. The Kier molecular flexibility index (Phi) is 6.24. The second kappa shape index (κ2) is 9.23. The smallest absolute Gasteiger partial charge is 0.245 e. The van der Waals surface area contributed by atoms with Gasteiger partial charge in [-0.1, -0.05) is 19.3 Å². The highest BCUT2D eigenvalue weighted by atomic mass is 19.1. The fraction of sp³-hybridized carbons (Fsp3) is 0.476. The summed E-state index contributed by atoms with van der Waals surface area (Å²) in [7, 11) is 1.39. The minimum absolute atomic E-state index is 0.0369. The van der Waals surface area contributed by atoms with Gasteiger partial charge in [0.1, 0.15) is 0 Å². The molecule has 10 heteroatoms. The Balaban J connectivity index is 1.59. The number of methoxy groups -OCH3 is 1. The average Bonchev–Trinajstić information content (AvgIpc) is 3.11. The molecule has 0 bridgehead atoms. The maximum absolute atomic E-state index is 14.1. The molecule has 2 fully saturated rings. The second-order valence-electron chi connectivity index (χ2n) is 7.76. The van der Waals surface area contributed by atoms with Gasteiger partial charge in [-0.2, -0.15) is 15.0 Å². The molecule has 2 aromatic rings. The van der Waals surface area contributed by atoms with E-state index in [-0.39, 0.29) is 48.3 Å². The molecule has 1 aromatic carbocycles. The highest BCUT2D eigenvalue weighted by Crippen LogP contribution is 2.26. The molecular formula is C21H25FN6O3. The minimum atomic E-state index is -0.540. The van der Waals surface area contributed by atoms with E-state index in [1.807, 2.05) is 0 Å². The van der Waals surface area contributed by atoms with Crippen molar-refractivity contribution in [3.63, 3.8) is 0 Å². The number of aromatic nitrogens is 3. The van der Waals surface area contributed by atoms with Crippen LogP contribution in [0.25, 0.3) is 0 Å². The maximum atomic E-state index is 14.1. The van der Waals surface area contributed by atoms with Crippen molar-refractivity contribution in [3.8, 4) is 5.75 Å². The minimum Gasteiger partial charge on any atom is -0.494 e. The van der Waals surface area contributed by atoms with Crippen LogP contribution in [-0.4, -0.2) is 40.4 Å². The number of carbonyl (C=O) groups excluding carboxylic acids is 2. The van der Waals surface area contributed by atoms with E-state index in [1.54, 1.807) is 6.07 Å². The van der Waals surface area contributed by atoms with Gasteiger partial charge >= 0.3 is 0 Å². The quantitative estimate of drug-likeness (QED) is 0.646. The molecule has 1 aliphatic heterocycles. The monoisotopic (exact) mass is 428 g/mol. The number of anilines is 4. The zero-order chi connectivity index (χ0) is 21.8. The van der Waals surface area contributed by atoms with E-state index in [0.717, 1.165) is 17.7 Å². The number of nitrogens with one attached hydrogen (secondary N) is 2. The molecular weight excluding hydrogens is 403 g/mol. The summed E-state index contributed by atoms with van der Waals surface area (Å²) in [6, 6.07) is 4.35. The molecule has 1 saturated carbocycles. The number of amides is 2. The third-order valence-electron chi connectivity index (χ3n) is 5.56. The SMILES string of the molecule is COc1ccc(Nc2nc(NCC3CCCCC3)nc(N3C(=O)CCC3=O)n2)cc1F. The number of imide groups is 1. The van der Waals surface area contributed by atoms with Gasteiger partial charge < -0.3 is 15.4 Å². The molecule has 2 aliphatic rings. The van der Waals surface area contributed by atoms with Gasteiger partial charge in [-0.05, 0) is 30.9 Å². The Morgan fingerprint density at radius 1 is 1.06 bits per heavy atom. The first-order valence-electron chi connectivity index (χ1n) is 10.5. The van der Waals surface area contributed by atoms with Crippen molar-refractivity contribution in [3.05, 3.63) is 24.0 Å². The van der Waals surface area contributed by atoms with Crippen LogP contribution in [0, 0.1) is 11.7 Å². The van der Waals surface area contributed by atoms with Crippen LogP contribution in [-0.2, 0) is 9.59 Å². The zero-order valence-electron chi connectivity index (χ0n) is 17.4. The molecule has 2 amide bonds. The van der Waals surface area contributed by atoms with Crippen LogP contribution in [0.4, 0.5) is 27.9 Å². The highest BCUT2D eigenvalue weighted by Gasteiger charge is 2.33.